The normalized spacial score (nSPS) is 18.5. The Kier molecular flexibility index (Phi) is 5.45. The summed E-state index contributed by atoms with van der Waals surface area (Å²) in [5.41, 5.74) is 8.98. The van der Waals surface area contributed by atoms with Crippen LogP contribution in [0.3, 0.4) is 0 Å². The number of piperidine rings is 2. The summed E-state index contributed by atoms with van der Waals surface area (Å²) < 4.78 is 0. The predicted molar refractivity (Wildman–Crippen MR) is 112 cm³/mol. The summed E-state index contributed by atoms with van der Waals surface area (Å²) in [4.78, 5) is 15.6. The molecule has 2 aromatic rings. The topological polar surface area (TPSA) is 80.0 Å². The van der Waals surface area contributed by atoms with Gasteiger partial charge in [-0.2, -0.15) is 0 Å². The summed E-state index contributed by atoms with van der Waals surface area (Å²) in [5, 5.41) is 3.49. The molecule has 3 N–H and O–H groups in total. The molecule has 0 radical (unpaired) electrons. The highest BCUT2D eigenvalue weighted by Gasteiger charge is 2.36. The molecule has 4 rings (SSSR count). The minimum atomic E-state index is 0.503. The second-order valence-electron chi connectivity index (χ2n) is 7.83. The molecule has 0 atom stereocenters. The Hall–Kier alpha value is -2.65. The Labute approximate surface area is 167 Å². The minimum Gasteiger partial charge on any atom is -0.384 e. The van der Waals surface area contributed by atoms with Crippen molar-refractivity contribution in [3.8, 4) is 11.8 Å². The standard InChI is InChI=1S/C22H28N6/c1-2-19-18(5-3-17-4-6-20(23)25-15-17)21(27-16-26-19)28-13-9-22(10-14-28)7-11-24-12-8-22/h4,6,15-16,24H,2,7-14H2,1H3,(H2,23,25). The molecule has 0 amide bonds. The zero-order valence-corrected chi connectivity index (χ0v) is 16.5. The molecule has 2 aromatic heterocycles. The number of nitrogens with two attached hydrogens (primary N) is 1. The summed E-state index contributed by atoms with van der Waals surface area (Å²) in [6, 6.07) is 3.67. The molecule has 2 saturated heterocycles. The number of anilines is 2. The lowest BCUT2D eigenvalue weighted by atomic mass is 9.71. The van der Waals surface area contributed by atoms with Crippen LogP contribution in [0.1, 0.15) is 49.4 Å². The van der Waals surface area contributed by atoms with E-state index in [2.05, 4.69) is 43.9 Å². The van der Waals surface area contributed by atoms with Crippen molar-refractivity contribution in [3.63, 3.8) is 0 Å². The van der Waals surface area contributed by atoms with E-state index in [0.29, 0.717) is 11.2 Å². The number of aromatic nitrogens is 3. The van der Waals surface area contributed by atoms with Crippen molar-refractivity contribution in [2.24, 2.45) is 5.41 Å². The highest BCUT2D eigenvalue weighted by molar-refractivity contribution is 5.59. The number of aryl methyl sites for hydroxylation is 1. The van der Waals surface area contributed by atoms with E-state index < -0.39 is 0 Å². The van der Waals surface area contributed by atoms with Crippen LogP contribution in [-0.2, 0) is 6.42 Å². The number of nitrogens with zero attached hydrogens (tertiary/aromatic N) is 4. The summed E-state index contributed by atoms with van der Waals surface area (Å²) >= 11 is 0. The van der Waals surface area contributed by atoms with Crippen LogP contribution in [0.5, 0.6) is 0 Å². The average Bonchev–Trinajstić information content (AvgIpc) is 2.74. The van der Waals surface area contributed by atoms with Crippen LogP contribution in [0, 0.1) is 17.3 Å². The van der Waals surface area contributed by atoms with Gasteiger partial charge in [0.2, 0.25) is 0 Å². The number of rotatable bonds is 2. The molecule has 2 aliphatic rings. The van der Waals surface area contributed by atoms with E-state index in [1.807, 2.05) is 6.07 Å². The van der Waals surface area contributed by atoms with Gasteiger partial charge >= 0.3 is 0 Å². The summed E-state index contributed by atoms with van der Waals surface area (Å²) in [5.74, 6) is 8.03. The van der Waals surface area contributed by atoms with Crippen molar-refractivity contribution in [3.05, 3.63) is 41.5 Å². The van der Waals surface area contributed by atoms with Gasteiger partial charge in [0, 0.05) is 24.8 Å². The third kappa shape index (κ3) is 3.95. The SMILES string of the molecule is CCc1ncnc(N2CCC3(CCNCC3)CC2)c1C#Cc1ccc(N)nc1. The maximum Gasteiger partial charge on any atom is 0.148 e. The second kappa shape index (κ2) is 8.15. The molecule has 4 heterocycles. The van der Waals surface area contributed by atoms with Crippen molar-refractivity contribution in [2.45, 2.75) is 39.0 Å². The van der Waals surface area contributed by atoms with E-state index in [0.717, 1.165) is 55.2 Å². The van der Waals surface area contributed by atoms with Gasteiger partial charge in [-0.05, 0) is 62.7 Å². The molecule has 1 spiro atoms. The number of nitrogen functional groups attached to an aromatic ring is 1. The van der Waals surface area contributed by atoms with Crippen molar-refractivity contribution >= 4 is 11.6 Å². The van der Waals surface area contributed by atoms with Gasteiger partial charge in [-0.15, -0.1) is 0 Å². The Morgan fingerprint density at radius 3 is 2.54 bits per heavy atom. The van der Waals surface area contributed by atoms with E-state index >= 15 is 0 Å². The van der Waals surface area contributed by atoms with Crippen LogP contribution in [0.25, 0.3) is 0 Å². The Morgan fingerprint density at radius 2 is 1.86 bits per heavy atom. The van der Waals surface area contributed by atoms with Gasteiger partial charge in [-0.3, -0.25) is 0 Å². The number of hydrogen-bond donors (Lipinski definition) is 2. The zero-order chi connectivity index (χ0) is 19.4. The Balaban J connectivity index is 1.59. The summed E-state index contributed by atoms with van der Waals surface area (Å²) in [7, 11) is 0. The molecule has 0 bridgehead atoms. The van der Waals surface area contributed by atoms with Gasteiger partial charge in [-0.1, -0.05) is 18.8 Å². The smallest absolute Gasteiger partial charge is 0.148 e. The van der Waals surface area contributed by atoms with E-state index in [1.165, 1.54) is 25.7 Å². The molecule has 6 heteroatoms. The first-order valence-corrected chi connectivity index (χ1v) is 10.2. The first kappa shape index (κ1) is 18.7. The lowest BCUT2D eigenvalue weighted by Crippen LogP contribution is -2.46. The second-order valence-corrected chi connectivity index (χ2v) is 7.83. The fourth-order valence-electron chi connectivity index (χ4n) is 4.31. The number of nitrogens with one attached hydrogen (secondary N) is 1. The van der Waals surface area contributed by atoms with Crippen LogP contribution >= 0.6 is 0 Å². The molecule has 2 fully saturated rings. The molecule has 6 nitrogen and oxygen atoms in total. The zero-order valence-electron chi connectivity index (χ0n) is 16.5. The van der Waals surface area contributed by atoms with Crippen LogP contribution < -0.4 is 16.0 Å². The molecule has 2 aliphatic heterocycles. The van der Waals surface area contributed by atoms with Crippen molar-refractivity contribution in [1.29, 1.82) is 0 Å². The maximum atomic E-state index is 5.67. The first-order valence-electron chi connectivity index (χ1n) is 10.2. The quantitative estimate of drug-likeness (QED) is 0.784. The monoisotopic (exact) mass is 376 g/mol. The summed E-state index contributed by atoms with van der Waals surface area (Å²) in [6.45, 7) is 6.50. The lowest BCUT2D eigenvalue weighted by Gasteiger charge is -2.45. The largest absolute Gasteiger partial charge is 0.384 e. The molecule has 28 heavy (non-hydrogen) atoms. The number of hydrogen-bond acceptors (Lipinski definition) is 6. The van der Waals surface area contributed by atoms with Gasteiger partial charge < -0.3 is 16.0 Å². The van der Waals surface area contributed by atoms with E-state index in [1.54, 1.807) is 18.6 Å². The van der Waals surface area contributed by atoms with Crippen molar-refractivity contribution in [2.75, 3.05) is 36.8 Å². The highest BCUT2D eigenvalue weighted by atomic mass is 15.2. The Bertz CT molecular complexity index is 864. The molecular formula is C22H28N6. The molecular weight excluding hydrogens is 348 g/mol. The molecule has 146 valence electrons. The number of pyridine rings is 1. The van der Waals surface area contributed by atoms with Gasteiger partial charge in [0.1, 0.15) is 18.0 Å². The van der Waals surface area contributed by atoms with E-state index in [9.17, 15) is 0 Å². The van der Waals surface area contributed by atoms with Gasteiger partial charge in [0.25, 0.3) is 0 Å². The van der Waals surface area contributed by atoms with Crippen LogP contribution in [-0.4, -0.2) is 41.1 Å². The van der Waals surface area contributed by atoms with Gasteiger partial charge in [0.15, 0.2) is 0 Å². The summed E-state index contributed by atoms with van der Waals surface area (Å²) in [6.07, 6.45) is 9.27. The minimum absolute atomic E-state index is 0.503. The van der Waals surface area contributed by atoms with Crippen LogP contribution in [0.4, 0.5) is 11.6 Å². The fraction of sp³-hybridized carbons (Fsp3) is 0.500. The molecule has 0 aromatic carbocycles. The highest BCUT2D eigenvalue weighted by Crippen LogP contribution is 2.40. The predicted octanol–water partition coefficient (Wildman–Crippen LogP) is 2.39. The van der Waals surface area contributed by atoms with Gasteiger partial charge in [0.05, 0.1) is 11.3 Å². The van der Waals surface area contributed by atoms with Gasteiger partial charge in [-0.25, -0.2) is 15.0 Å². The fourth-order valence-corrected chi connectivity index (χ4v) is 4.31. The molecule has 0 unspecified atom stereocenters. The van der Waals surface area contributed by atoms with E-state index in [4.69, 9.17) is 5.73 Å². The Morgan fingerprint density at radius 1 is 1.07 bits per heavy atom. The van der Waals surface area contributed by atoms with Crippen LogP contribution in [0.15, 0.2) is 24.7 Å². The third-order valence-corrected chi connectivity index (χ3v) is 6.15. The molecule has 0 saturated carbocycles. The third-order valence-electron chi connectivity index (χ3n) is 6.15. The molecule has 0 aliphatic carbocycles. The average molecular weight is 377 g/mol. The first-order chi connectivity index (χ1) is 13.7. The lowest BCUT2D eigenvalue weighted by molar-refractivity contribution is 0.154. The van der Waals surface area contributed by atoms with E-state index in [-0.39, 0.29) is 0 Å². The van der Waals surface area contributed by atoms with Crippen LogP contribution in [0.2, 0.25) is 0 Å². The maximum absolute atomic E-state index is 5.67. The van der Waals surface area contributed by atoms with Crippen molar-refractivity contribution in [1.82, 2.24) is 20.3 Å². The van der Waals surface area contributed by atoms with Crippen molar-refractivity contribution < 1.29 is 0 Å².